The molecule has 3 aliphatic rings. The van der Waals surface area contributed by atoms with Crippen LogP contribution in [0.3, 0.4) is 0 Å². The molecule has 0 fully saturated rings. The second kappa shape index (κ2) is 10.7. The maximum atomic E-state index is 6.72. The number of benzene rings is 9. The lowest BCUT2D eigenvalue weighted by atomic mass is 9.70. The van der Waals surface area contributed by atoms with E-state index < -0.39 is 0 Å². The SMILES string of the molecule is c1ccc2c(c1)-c1ccccc1C21c2ccccc2-c2ccc(-c3ccc4c5c(cccc35)-c3cc(-c5ccc6sc7ccccc7c6c5)ccc3O4)cc21. The van der Waals surface area contributed by atoms with Crippen LogP contribution < -0.4 is 4.74 Å². The van der Waals surface area contributed by atoms with E-state index in [1.54, 1.807) is 0 Å². The molecule has 2 aliphatic carbocycles. The summed E-state index contributed by atoms with van der Waals surface area (Å²) < 4.78 is 9.37. The molecule has 254 valence electrons. The third-order valence-corrected chi connectivity index (χ3v) is 13.7. The summed E-state index contributed by atoms with van der Waals surface area (Å²) in [5.74, 6) is 1.80. The van der Waals surface area contributed by atoms with Gasteiger partial charge in [-0.05, 0) is 120 Å². The maximum absolute atomic E-state index is 6.72. The van der Waals surface area contributed by atoms with E-state index in [0.717, 1.165) is 17.1 Å². The first-order valence-corrected chi connectivity index (χ1v) is 19.8. The highest BCUT2D eigenvalue weighted by Gasteiger charge is 2.51. The van der Waals surface area contributed by atoms with Gasteiger partial charge >= 0.3 is 0 Å². The summed E-state index contributed by atoms with van der Waals surface area (Å²) in [6, 6.07) is 67.7. The maximum Gasteiger partial charge on any atom is 0.135 e. The second-order valence-corrected chi connectivity index (χ2v) is 16.2. The minimum Gasteiger partial charge on any atom is -0.456 e. The topological polar surface area (TPSA) is 9.23 Å². The largest absolute Gasteiger partial charge is 0.456 e. The Kier molecular flexibility index (Phi) is 5.77. The minimum atomic E-state index is -0.377. The summed E-state index contributed by atoms with van der Waals surface area (Å²) >= 11 is 1.86. The number of ether oxygens (including phenoxy) is 1. The molecule has 2 heteroatoms. The molecule has 0 saturated carbocycles. The van der Waals surface area contributed by atoms with E-state index in [1.807, 2.05) is 11.3 Å². The number of fused-ring (bicyclic) bond motifs is 15. The van der Waals surface area contributed by atoms with Gasteiger partial charge in [-0.25, -0.2) is 0 Å². The molecule has 0 N–H and O–H groups in total. The Labute approximate surface area is 322 Å². The van der Waals surface area contributed by atoms with Crippen molar-refractivity contribution in [2.45, 2.75) is 5.41 Å². The standard InChI is InChI=1S/C53H30OS/c1-5-16-44-35(10-1)36-11-2-6-17-45(36)53(44)46-18-7-3-12-37(46)38-23-20-33(30-47(38)53)34-24-26-49-52-40(34)14-9-15-41(52)42-28-31(21-25-48(42)54-49)32-22-27-51-43(29-32)39-13-4-8-19-50(39)55-51/h1-30H. The predicted molar refractivity (Wildman–Crippen MR) is 230 cm³/mol. The number of hydrogen-bond donors (Lipinski definition) is 0. The predicted octanol–water partition coefficient (Wildman–Crippen LogP) is 14.7. The van der Waals surface area contributed by atoms with Gasteiger partial charge in [-0.15, -0.1) is 11.3 Å². The van der Waals surface area contributed by atoms with Crippen molar-refractivity contribution in [3.05, 3.63) is 204 Å². The molecule has 2 heterocycles. The molecule has 1 spiro atoms. The number of thiophene rings is 1. The lowest BCUT2D eigenvalue weighted by Gasteiger charge is -2.30. The van der Waals surface area contributed by atoms with Crippen LogP contribution in [-0.2, 0) is 5.41 Å². The quantitative estimate of drug-likeness (QED) is 0.173. The van der Waals surface area contributed by atoms with Crippen LogP contribution in [0.1, 0.15) is 22.3 Å². The van der Waals surface area contributed by atoms with Gasteiger partial charge in [0.2, 0.25) is 0 Å². The van der Waals surface area contributed by atoms with E-state index in [0.29, 0.717) is 0 Å². The molecule has 1 nitrogen and oxygen atoms in total. The summed E-state index contributed by atoms with van der Waals surface area (Å²) in [4.78, 5) is 0. The zero-order chi connectivity index (χ0) is 35.8. The van der Waals surface area contributed by atoms with Gasteiger partial charge in [-0.2, -0.15) is 0 Å². The van der Waals surface area contributed by atoms with E-state index in [2.05, 4.69) is 182 Å². The van der Waals surface area contributed by atoms with Crippen molar-refractivity contribution in [1.82, 2.24) is 0 Å². The Hall–Kier alpha value is -6.74. The van der Waals surface area contributed by atoms with Crippen LogP contribution in [0.5, 0.6) is 11.5 Å². The molecule has 55 heavy (non-hydrogen) atoms. The van der Waals surface area contributed by atoms with Crippen molar-refractivity contribution in [1.29, 1.82) is 0 Å². The molecule has 0 atom stereocenters. The van der Waals surface area contributed by atoms with Gasteiger partial charge in [0.1, 0.15) is 11.5 Å². The Morgan fingerprint density at radius 1 is 0.327 bits per heavy atom. The highest BCUT2D eigenvalue weighted by molar-refractivity contribution is 7.25. The summed E-state index contributed by atoms with van der Waals surface area (Å²) in [7, 11) is 0. The van der Waals surface area contributed by atoms with Gasteiger partial charge in [0.15, 0.2) is 0 Å². The van der Waals surface area contributed by atoms with Gasteiger partial charge in [0.05, 0.1) is 5.41 Å². The Morgan fingerprint density at radius 2 is 0.891 bits per heavy atom. The smallest absolute Gasteiger partial charge is 0.135 e. The first-order valence-electron chi connectivity index (χ1n) is 19.0. The molecule has 1 aliphatic heterocycles. The summed E-state index contributed by atoms with van der Waals surface area (Å²) in [5.41, 5.74) is 17.5. The summed E-state index contributed by atoms with van der Waals surface area (Å²) in [6.07, 6.45) is 0. The van der Waals surface area contributed by atoms with E-state index in [9.17, 15) is 0 Å². The van der Waals surface area contributed by atoms with E-state index in [-0.39, 0.29) is 5.41 Å². The van der Waals surface area contributed by atoms with Gasteiger partial charge in [-0.3, -0.25) is 0 Å². The molecule has 13 rings (SSSR count). The molecule has 10 aromatic rings. The molecule has 1 aromatic heterocycles. The third-order valence-electron chi connectivity index (χ3n) is 12.5. The summed E-state index contributed by atoms with van der Waals surface area (Å²) in [5, 5.41) is 5.00. The molecule has 0 amide bonds. The Morgan fingerprint density at radius 3 is 1.67 bits per heavy atom. The normalized spacial score (nSPS) is 13.7. The molecular formula is C53H30OS. The first kappa shape index (κ1) is 29.7. The van der Waals surface area contributed by atoms with Crippen LogP contribution in [0, 0.1) is 0 Å². The van der Waals surface area contributed by atoms with Gasteiger partial charge in [0, 0.05) is 31.1 Å². The van der Waals surface area contributed by atoms with Crippen LogP contribution in [0.15, 0.2) is 182 Å². The first-order chi connectivity index (χ1) is 27.3. The fourth-order valence-electron chi connectivity index (χ4n) is 10.2. The van der Waals surface area contributed by atoms with Crippen molar-refractivity contribution in [3.8, 4) is 67.1 Å². The zero-order valence-electron chi connectivity index (χ0n) is 29.6. The second-order valence-electron chi connectivity index (χ2n) is 15.1. The van der Waals surface area contributed by atoms with Crippen LogP contribution in [0.2, 0.25) is 0 Å². The van der Waals surface area contributed by atoms with Gasteiger partial charge < -0.3 is 4.74 Å². The van der Waals surface area contributed by atoms with Crippen molar-refractivity contribution in [3.63, 3.8) is 0 Å². The van der Waals surface area contributed by atoms with Crippen molar-refractivity contribution in [2.24, 2.45) is 0 Å². The number of rotatable bonds is 2. The van der Waals surface area contributed by atoms with Crippen LogP contribution >= 0.6 is 11.3 Å². The van der Waals surface area contributed by atoms with Gasteiger partial charge in [0.25, 0.3) is 0 Å². The van der Waals surface area contributed by atoms with Crippen molar-refractivity contribution < 1.29 is 4.74 Å². The van der Waals surface area contributed by atoms with Crippen LogP contribution in [0.4, 0.5) is 0 Å². The lowest BCUT2D eigenvalue weighted by Crippen LogP contribution is -2.25. The van der Waals surface area contributed by atoms with E-state index in [1.165, 1.54) is 103 Å². The number of hydrogen-bond acceptors (Lipinski definition) is 2. The highest BCUT2D eigenvalue weighted by Crippen LogP contribution is 2.63. The fraction of sp³-hybridized carbons (Fsp3) is 0.0189. The molecule has 9 aromatic carbocycles. The molecule has 0 bridgehead atoms. The van der Waals surface area contributed by atoms with Crippen LogP contribution in [0.25, 0.3) is 86.6 Å². The Bertz CT molecular complexity index is 3240. The average molecular weight is 715 g/mol. The van der Waals surface area contributed by atoms with Crippen molar-refractivity contribution in [2.75, 3.05) is 0 Å². The summed E-state index contributed by atoms with van der Waals surface area (Å²) in [6.45, 7) is 0. The molecule has 0 radical (unpaired) electrons. The average Bonchev–Trinajstić information content (AvgIpc) is 3.87. The van der Waals surface area contributed by atoms with E-state index in [4.69, 9.17) is 4.74 Å². The molecular weight excluding hydrogens is 685 g/mol. The molecule has 0 unspecified atom stereocenters. The lowest BCUT2D eigenvalue weighted by molar-refractivity contribution is 0.487. The van der Waals surface area contributed by atoms with Gasteiger partial charge in [-0.1, -0.05) is 140 Å². The fourth-order valence-corrected chi connectivity index (χ4v) is 11.3. The van der Waals surface area contributed by atoms with E-state index >= 15 is 0 Å². The minimum absolute atomic E-state index is 0.377. The monoisotopic (exact) mass is 714 g/mol. The zero-order valence-corrected chi connectivity index (χ0v) is 30.5. The third kappa shape index (κ3) is 3.82. The Balaban J connectivity index is 0.993. The van der Waals surface area contributed by atoms with Crippen LogP contribution in [-0.4, -0.2) is 0 Å². The molecule has 0 saturated heterocycles. The van der Waals surface area contributed by atoms with Crippen molar-refractivity contribution >= 4 is 42.3 Å². The highest BCUT2D eigenvalue weighted by atomic mass is 32.1.